The summed E-state index contributed by atoms with van der Waals surface area (Å²) in [6.45, 7) is 0. The van der Waals surface area contributed by atoms with E-state index in [1.807, 2.05) is 26.2 Å². The van der Waals surface area contributed by atoms with Gasteiger partial charge in [-0.1, -0.05) is 0 Å². The molecule has 0 saturated carbocycles. The highest BCUT2D eigenvalue weighted by Crippen LogP contribution is 2.39. The van der Waals surface area contributed by atoms with Gasteiger partial charge in [-0.3, -0.25) is 0 Å². The molecule has 0 amide bonds. The third-order valence-corrected chi connectivity index (χ3v) is 6.48. The molecule has 4 nitrogen and oxygen atoms in total. The van der Waals surface area contributed by atoms with Crippen LogP contribution < -0.4 is 0 Å². The van der Waals surface area contributed by atoms with E-state index >= 15 is 0 Å². The molecule has 2 aliphatic rings. The summed E-state index contributed by atoms with van der Waals surface area (Å²) in [6.07, 6.45) is 4.31. The number of quaternary nitrogens is 1. The first-order valence-corrected chi connectivity index (χ1v) is 9.89. The van der Waals surface area contributed by atoms with Crippen molar-refractivity contribution < 1.29 is 36.7 Å². The number of hydrogen-bond acceptors (Lipinski definition) is 3. The highest BCUT2D eigenvalue weighted by Gasteiger charge is 2.51. The maximum absolute atomic E-state index is 14.6. The van der Waals surface area contributed by atoms with Crippen LogP contribution >= 0.6 is 0 Å². The molecule has 2 heterocycles. The maximum atomic E-state index is 14.6. The van der Waals surface area contributed by atoms with Crippen LogP contribution in [0.2, 0.25) is 0 Å². The Labute approximate surface area is 177 Å². The third-order valence-electron chi connectivity index (χ3n) is 6.48. The van der Waals surface area contributed by atoms with E-state index in [1.54, 1.807) is 0 Å². The van der Waals surface area contributed by atoms with Crippen LogP contribution in [0.3, 0.4) is 0 Å². The van der Waals surface area contributed by atoms with Gasteiger partial charge < -0.3 is 14.3 Å². The van der Waals surface area contributed by atoms with Crippen molar-refractivity contribution in [2.45, 2.75) is 36.6 Å². The number of carbonyl (C=O) groups is 1. The molecule has 2 unspecified atom stereocenters. The van der Waals surface area contributed by atoms with Crippen LogP contribution in [0.15, 0.2) is 48.6 Å². The van der Waals surface area contributed by atoms with E-state index in [0.29, 0.717) is 41.6 Å². The van der Waals surface area contributed by atoms with Crippen LogP contribution in [0.4, 0.5) is 17.6 Å². The molecular formula is C23H22F4NO3+. The Balaban J connectivity index is 1.74. The minimum Gasteiger partial charge on any atom is -0.459 e. The number of aliphatic hydroxyl groups is 1. The predicted octanol–water partition coefficient (Wildman–Crippen LogP) is 3.57. The molecule has 2 bridgehead atoms. The van der Waals surface area contributed by atoms with Crippen molar-refractivity contribution in [3.05, 3.63) is 82.9 Å². The lowest BCUT2D eigenvalue weighted by Gasteiger charge is -2.44. The second-order valence-corrected chi connectivity index (χ2v) is 8.61. The van der Waals surface area contributed by atoms with E-state index < -0.39 is 52.1 Å². The number of esters is 1. The standard InChI is InChI=1S/C23H22F4NO3/c1-28(2)15-5-6-16(28)12-17(11-15)31-22(29)23(30,18-9-13(24)3-7-20(18)26)19-10-14(25)4-8-21(19)27/h3-10,15-17,30H,11-12H2,1-2H3/q+1/t15-,16?,17?/m1/s1. The number of halogens is 4. The second-order valence-electron chi connectivity index (χ2n) is 8.61. The fourth-order valence-electron chi connectivity index (χ4n) is 4.53. The van der Waals surface area contributed by atoms with E-state index in [4.69, 9.17) is 4.74 Å². The lowest BCUT2D eigenvalue weighted by Crippen LogP contribution is -2.57. The molecule has 0 radical (unpaired) electrons. The lowest BCUT2D eigenvalue weighted by atomic mass is 9.85. The summed E-state index contributed by atoms with van der Waals surface area (Å²) in [5.74, 6) is -5.63. The van der Waals surface area contributed by atoms with E-state index in [9.17, 15) is 27.5 Å². The van der Waals surface area contributed by atoms with Crippen LogP contribution in [0.5, 0.6) is 0 Å². The van der Waals surface area contributed by atoms with Crippen molar-refractivity contribution in [3.63, 3.8) is 0 Å². The number of benzene rings is 2. The molecule has 3 atom stereocenters. The van der Waals surface area contributed by atoms with Gasteiger partial charge in [0.15, 0.2) is 0 Å². The summed E-state index contributed by atoms with van der Waals surface area (Å²) < 4.78 is 63.2. The number of nitrogens with zero attached hydrogens (tertiary/aromatic N) is 1. The first kappa shape index (κ1) is 21.5. The summed E-state index contributed by atoms with van der Waals surface area (Å²) in [5.41, 5.74) is -4.78. The summed E-state index contributed by atoms with van der Waals surface area (Å²) >= 11 is 0. The molecule has 0 spiro atoms. The largest absolute Gasteiger partial charge is 0.459 e. The average molecular weight is 436 g/mol. The van der Waals surface area contributed by atoms with Gasteiger partial charge in [0.1, 0.15) is 41.5 Å². The molecule has 1 N–H and O–H groups in total. The molecule has 2 aromatic rings. The smallest absolute Gasteiger partial charge is 0.348 e. The number of fused-ring (bicyclic) bond motifs is 2. The van der Waals surface area contributed by atoms with Gasteiger partial charge in [-0.15, -0.1) is 0 Å². The molecule has 2 aliphatic heterocycles. The Morgan fingerprint density at radius 2 is 1.39 bits per heavy atom. The lowest BCUT2D eigenvalue weighted by molar-refractivity contribution is -0.926. The van der Waals surface area contributed by atoms with E-state index in [0.717, 1.165) is 12.1 Å². The third kappa shape index (κ3) is 3.53. The minimum atomic E-state index is -3.08. The first-order chi connectivity index (χ1) is 14.5. The molecule has 0 aromatic heterocycles. The van der Waals surface area contributed by atoms with Crippen molar-refractivity contribution in [3.8, 4) is 0 Å². The molecule has 1 saturated heterocycles. The van der Waals surface area contributed by atoms with Gasteiger partial charge in [0, 0.05) is 24.0 Å². The highest BCUT2D eigenvalue weighted by molar-refractivity contribution is 5.85. The van der Waals surface area contributed by atoms with E-state index in [2.05, 4.69) is 0 Å². The van der Waals surface area contributed by atoms with Crippen LogP contribution in [-0.2, 0) is 15.1 Å². The van der Waals surface area contributed by atoms with Gasteiger partial charge in [0.05, 0.1) is 14.1 Å². The van der Waals surface area contributed by atoms with Gasteiger partial charge in [0.2, 0.25) is 5.60 Å². The van der Waals surface area contributed by atoms with Crippen molar-refractivity contribution in [1.82, 2.24) is 0 Å². The summed E-state index contributed by atoms with van der Waals surface area (Å²) in [4.78, 5) is 13.2. The fraction of sp³-hybridized carbons (Fsp3) is 0.348. The molecule has 164 valence electrons. The zero-order chi connectivity index (χ0) is 22.6. The number of piperidine rings is 1. The maximum Gasteiger partial charge on any atom is 0.348 e. The summed E-state index contributed by atoms with van der Waals surface area (Å²) in [6, 6.07) is 4.27. The Kier molecular flexibility index (Phi) is 5.18. The molecule has 1 fully saturated rings. The number of hydrogen-bond donors (Lipinski definition) is 1. The minimum absolute atomic E-state index is 0.0708. The SMILES string of the molecule is C[N+]1(C)C2C=C[C@@H]1CC(OC(=O)C(O)(c1cc(F)ccc1F)c1cc(F)ccc1F)C2. The van der Waals surface area contributed by atoms with Crippen LogP contribution in [0.1, 0.15) is 24.0 Å². The quantitative estimate of drug-likeness (QED) is 0.345. The van der Waals surface area contributed by atoms with Crippen molar-refractivity contribution >= 4 is 5.97 Å². The second kappa shape index (κ2) is 7.46. The summed E-state index contributed by atoms with van der Waals surface area (Å²) in [7, 11) is 4.10. The van der Waals surface area contributed by atoms with Crippen molar-refractivity contribution in [2.24, 2.45) is 0 Å². The average Bonchev–Trinajstić information content (AvgIpc) is 2.87. The Morgan fingerprint density at radius 1 is 0.935 bits per heavy atom. The van der Waals surface area contributed by atoms with Crippen LogP contribution in [-0.4, -0.2) is 47.8 Å². The molecular weight excluding hydrogens is 414 g/mol. The molecule has 31 heavy (non-hydrogen) atoms. The number of carbonyl (C=O) groups excluding carboxylic acids is 1. The zero-order valence-corrected chi connectivity index (χ0v) is 17.0. The van der Waals surface area contributed by atoms with Gasteiger partial charge in [0.25, 0.3) is 0 Å². The van der Waals surface area contributed by atoms with E-state index in [1.165, 1.54) is 0 Å². The van der Waals surface area contributed by atoms with Crippen molar-refractivity contribution in [2.75, 3.05) is 14.1 Å². The van der Waals surface area contributed by atoms with Gasteiger partial charge in [-0.05, 0) is 48.6 Å². The van der Waals surface area contributed by atoms with Crippen LogP contribution in [0, 0.1) is 23.3 Å². The number of likely N-dealkylation sites (N-methyl/N-ethyl adjacent to an activating group) is 1. The van der Waals surface area contributed by atoms with E-state index in [-0.39, 0.29) is 12.1 Å². The summed E-state index contributed by atoms with van der Waals surface area (Å²) in [5, 5.41) is 11.3. The fourth-order valence-corrected chi connectivity index (χ4v) is 4.53. The first-order valence-electron chi connectivity index (χ1n) is 9.89. The Bertz CT molecular complexity index is 999. The molecule has 0 aliphatic carbocycles. The topological polar surface area (TPSA) is 46.5 Å². The van der Waals surface area contributed by atoms with Gasteiger partial charge >= 0.3 is 5.97 Å². The number of ether oxygens (including phenoxy) is 1. The number of rotatable bonds is 4. The Morgan fingerprint density at radius 3 is 1.84 bits per heavy atom. The monoisotopic (exact) mass is 436 g/mol. The predicted molar refractivity (Wildman–Crippen MR) is 104 cm³/mol. The van der Waals surface area contributed by atoms with Gasteiger partial charge in [-0.2, -0.15) is 0 Å². The normalized spacial score (nSPS) is 24.3. The van der Waals surface area contributed by atoms with Gasteiger partial charge in [-0.25, -0.2) is 22.4 Å². The van der Waals surface area contributed by atoms with Crippen LogP contribution in [0.25, 0.3) is 0 Å². The Hall–Kier alpha value is -2.71. The zero-order valence-electron chi connectivity index (χ0n) is 17.0. The molecule has 8 heteroatoms. The molecule has 2 aromatic carbocycles. The van der Waals surface area contributed by atoms with Crippen molar-refractivity contribution in [1.29, 1.82) is 0 Å². The molecule has 4 rings (SSSR count). The highest BCUT2D eigenvalue weighted by atomic mass is 19.1.